The molecule has 0 unspecified atom stereocenters. The highest BCUT2D eigenvalue weighted by molar-refractivity contribution is 7.22. The number of carbonyl (C=O) groups is 1. The van der Waals surface area contributed by atoms with E-state index < -0.39 is 0 Å². The van der Waals surface area contributed by atoms with Crippen LogP contribution in [-0.4, -0.2) is 18.0 Å². The molecule has 0 radical (unpaired) electrons. The standard InChI is InChI=1S/C19H19ClN2O2S/c1-12-10-13(6-9-16(12)24-2)4-3-5-18(23)22-19-21-15-8-7-14(20)11-17(15)25-19/h6-11H,3-5H2,1-2H3,(H,21,22,23). The summed E-state index contributed by atoms with van der Waals surface area (Å²) in [5.74, 6) is 0.868. The van der Waals surface area contributed by atoms with Crippen molar-refractivity contribution in [2.45, 2.75) is 26.2 Å². The molecule has 0 spiro atoms. The molecule has 0 saturated heterocycles. The maximum atomic E-state index is 12.1. The number of nitrogens with one attached hydrogen (secondary N) is 1. The number of thiazole rings is 1. The Balaban J connectivity index is 1.53. The van der Waals surface area contributed by atoms with Crippen LogP contribution >= 0.6 is 22.9 Å². The van der Waals surface area contributed by atoms with E-state index in [4.69, 9.17) is 16.3 Å². The maximum absolute atomic E-state index is 12.1. The molecule has 0 aliphatic rings. The third-order valence-electron chi connectivity index (χ3n) is 3.93. The first-order chi connectivity index (χ1) is 12.0. The van der Waals surface area contributed by atoms with E-state index in [1.807, 2.05) is 31.2 Å². The lowest BCUT2D eigenvalue weighted by molar-refractivity contribution is -0.116. The highest BCUT2D eigenvalue weighted by Gasteiger charge is 2.08. The SMILES string of the molecule is COc1ccc(CCCC(=O)Nc2nc3ccc(Cl)cc3s2)cc1C. The lowest BCUT2D eigenvalue weighted by Crippen LogP contribution is -2.11. The minimum atomic E-state index is -0.0182. The number of methoxy groups -OCH3 is 1. The summed E-state index contributed by atoms with van der Waals surface area (Å²) >= 11 is 7.41. The van der Waals surface area contributed by atoms with Crippen LogP contribution in [0.4, 0.5) is 5.13 Å². The second kappa shape index (κ2) is 7.85. The van der Waals surface area contributed by atoms with Crippen LogP contribution in [0.2, 0.25) is 5.02 Å². The maximum Gasteiger partial charge on any atom is 0.226 e. The second-order valence-corrected chi connectivity index (χ2v) is 7.30. The van der Waals surface area contributed by atoms with E-state index in [9.17, 15) is 4.79 Å². The van der Waals surface area contributed by atoms with Gasteiger partial charge in [-0.05, 0) is 55.2 Å². The van der Waals surface area contributed by atoms with E-state index >= 15 is 0 Å². The van der Waals surface area contributed by atoms with Gasteiger partial charge in [-0.25, -0.2) is 4.98 Å². The van der Waals surface area contributed by atoms with E-state index in [1.54, 1.807) is 13.2 Å². The van der Waals surface area contributed by atoms with Crippen molar-refractivity contribution in [1.82, 2.24) is 4.98 Å². The van der Waals surface area contributed by atoms with E-state index in [0.717, 1.165) is 34.4 Å². The molecule has 0 atom stereocenters. The normalized spacial score (nSPS) is 10.8. The van der Waals surface area contributed by atoms with Gasteiger partial charge in [0.2, 0.25) is 5.91 Å². The number of nitrogens with zero attached hydrogens (tertiary/aromatic N) is 1. The number of ether oxygens (including phenoxy) is 1. The molecular weight excluding hydrogens is 356 g/mol. The number of amides is 1. The fraction of sp³-hybridized carbons (Fsp3) is 0.263. The van der Waals surface area contributed by atoms with Crippen molar-refractivity contribution in [1.29, 1.82) is 0 Å². The topological polar surface area (TPSA) is 51.2 Å². The van der Waals surface area contributed by atoms with Crippen LogP contribution in [0, 0.1) is 6.92 Å². The van der Waals surface area contributed by atoms with Crippen molar-refractivity contribution in [3.8, 4) is 5.75 Å². The first-order valence-corrected chi connectivity index (χ1v) is 9.24. The van der Waals surface area contributed by atoms with E-state index in [0.29, 0.717) is 16.6 Å². The predicted molar refractivity (Wildman–Crippen MR) is 104 cm³/mol. The molecule has 130 valence electrons. The van der Waals surface area contributed by atoms with Gasteiger partial charge in [-0.15, -0.1) is 0 Å². The summed E-state index contributed by atoms with van der Waals surface area (Å²) in [6.07, 6.45) is 2.10. The quantitative estimate of drug-likeness (QED) is 0.642. The third kappa shape index (κ3) is 4.50. The monoisotopic (exact) mass is 374 g/mol. The van der Waals surface area contributed by atoms with Crippen LogP contribution in [0.25, 0.3) is 10.2 Å². The van der Waals surface area contributed by atoms with Gasteiger partial charge in [0.05, 0.1) is 17.3 Å². The summed E-state index contributed by atoms with van der Waals surface area (Å²) in [5.41, 5.74) is 3.16. The molecule has 3 aromatic rings. The zero-order chi connectivity index (χ0) is 17.8. The van der Waals surface area contributed by atoms with E-state index in [2.05, 4.69) is 16.4 Å². The number of aromatic nitrogens is 1. The Morgan fingerprint density at radius 2 is 2.12 bits per heavy atom. The van der Waals surface area contributed by atoms with Gasteiger partial charge in [-0.2, -0.15) is 0 Å². The molecule has 0 saturated carbocycles. The number of rotatable bonds is 6. The van der Waals surface area contributed by atoms with Gasteiger partial charge >= 0.3 is 0 Å². The van der Waals surface area contributed by atoms with E-state index in [1.165, 1.54) is 16.9 Å². The zero-order valence-electron chi connectivity index (χ0n) is 14.1. The Bertz CT molecular complexity index is 908. The number of benzene rings is 2. The Kier molecular flexibility index (Phi) is 5.56. The first kappa shape index (κ1) is 17.7. The van der Waals surface area contributed by atoms with Crippen molar-refractivity contribution in [3.63, 3.8) is 0 Å². The van der Waals surface area contributed by atoms with Gasteiger partial charge in [0, 0.05) is 11.4 Å². The second-order valence-electron chi connectivity index (χ2n) is 5.84. The molecule has 6 heteroatoms. The summed E-state index contributed by atoms with van der Waals surface area (Å²) in [6.45, 7) is 2.02. The lowest BCUT2D eigenvalue weighted by atomic mass is 10.0. The Morgan fingerprint density at radius 1 is 1.28 bits per heavy atom. The molecule has 1 heterocycles. The number of hydrogen-bond acceptors (Lipinski definition) is 4. The van der Waals surface area contributed by atoms with Crippen molar-refractivity contribution >= 4 is 44.2 Å². The van der Waals surface area contributed by atoms with Crippen LogP contribution in [0.5, 0.6) is 5.75 Å². The molecule has 1 N–H and O–H groups in total. The van der Waals surface area contributed by atoms with Crippen molar-refractivity contribution in [2.24, 2.45) is 0 Å². The Labute approximate surface area is 155 Å². The summed E-state index contributed by atoms with van der Waals surface area (Å²) < 4.78 is 6.23. The lowest BCUT2D eigenvalue weighted by Gasteiger charge is -2.07. The summed E-state index contributed by atoms with van der Waals surface area (Å²) in [4.78, 5) is 16.5. The molecule has 0 aliphatic carbocycles. The average Bonchev–Trinajstić information content (AvgIpc) is 2.96. The van der Waals surface area contributed by atoms with Crippen LogP contribution in [0.15, 0.2) is 36.4 Å². The Hall–Kier alpha value is -2.11. The van der Waals surface area contributed by atoms with Crippen LogP contribution in [-0.2, 0) is 11.2 Å². The highest BCUT2D eigenvalue weighted by Crippen LogP contribution is 2.28. The minimum absolute atomic E-state index is 0.0182. The fourth-order valence-corrected chi connectivity index (χ4v) is 3.84. The number of fused-ring (bicyclic) bond motifs is 1. The minimum Gasteiger partial charge on any atom is -0.496 e. The molecule has 2 aromatic carbocycles. The average molecular weight is 375 g/mol. The molecule has 0 bridgehead atoms. The number of hydrogen-bond donors (Lipinski definition) is 1. The van der Waals surface area contributed by atoms with Crippen molar-refractivity contribution < 1.29 is 9.53 Å². The molecule has 4 nitrogen and oxygen atoms in total. The summed E-state index contributed by atoms with van der Waals surface area (Å²) in [6, 6.07) is 11.6. The molecule has 0 fully saturated rings. The van der Waals surface area contributed by atoms with Gasteiger partial charge in [-0.3, -0.25) is 4.79 Å². The fourth-order valence-electron chi connectivity index (χ4n) is 2.68. The van der Waals surface area contributed by atoms with Crippen molar-refractivity contribution in [3.05, 3.63) is 52.5 Å². The number of aryl methyl sites for hydroxylation is 2. The number of carbonyl (C=O) groups excluding carboxylic acids is 1. The van der Waals surface area contributed by atoms with Crippen molar-refractivity contribution in [2.75, 3.05) is 12.4 Å². The van der Waals surface area contributed by atoms with Gasteiger partial charge in [-0.1, -0.05) is 35.1 Å². The summed E-state index contributed by atoms with van der Waals surface area (Å²) in [7, 11) is 1.67. The molecule has 1 aromatic heterocycles. The third-order valence-corrected chi connectivity index (χ3v) is 5.09. The molecule has 0 aliphatic heterocycles. The van der Waals surface area contributed by atoms with Gasteiger partial charge < -0.3 is 10.1 Å². The van der Waals surface area contributed by atoms with E-state index in [-0.39, 0.29) is 5.91 Å². The highest BCUT2D eigenvalue weighted by atomic mass is 35.5. The zero-order valence-corrected chi connectivity index (χ0v) is 15.7. The van der Waals surface area contributed by atoms with Crippen LogP contribution in [0.3, 0.4) is 0 Å². The smallest absolute Gasteiger partial charge is 0.226 e. The molecule has 25 heavy (non-hydrogen) atoms. The predicted octanol–water partition coefficient (Wildman–Crippen LogP) is 5.23. The number of halogens is 1. The molecule has 1 amide bonds. The first-order valence-electron chi connectivity index (χ1n) is 8.04. The van der Waals surface area contributed by atoms with Crippen LogP contribution in [0.1, 0.15) is 24.0 Å². The van der Waals surface area contributed by atoms with Gasteiger partial charge in [0.15, 0.2) is 5.13 Å². The number of anilines is 1. The summed E-state index contributed by atoms with van der Waals surface area (Å²) in [5, 5.41) is 4.16. The van der Waals surface area contributed by atoms with Gasteiger partial charge in [0.25, 0.3) is 0 Å². The van der Waals surface area contributed by atoms with Gasteiger partial charge in [0.1, 0.15) is 5.75 Å². The molecule has 3 rings (SSSR count). The largest absolute Gasteiger partial charge is 0.496 e. The Morgan fingerprint density at radius 3 is 2.88 bits per heavy atom. The molecular formula is C19H19ClN2O2S. The van der Waals surface area contributed by atoms with Crippen LogP contribution < -0.4 is 10.1 Å².